The van der Waals surface area contributed by atoms with Gasteiger partial charge in [-0.15, -0.1) is 0 Å². The second-order valence-corrected chi connectivity index (χ2v) is 9.27. The molecule has 1 aliphatic heterocycles. The van der Waals surface area contributed by atoms with Gasteiger partial charge in [-0.2, -0.15) is 0 Å². The summed E-state index contributed by atoms with van der Waals surface area (Å²) in [4.78, 5) is 6.66. The largest absolute Gasteiger partial charge is 0.390 e. The molecule has 4 heteroatoms. The van der Waals surface area contributed by atoms with Gasteiger partial charge in [-0.1, -0.05) is 11.6 Å². The number of rotatable bonds is 5. The predicted octanol–water partition coefficient (Wildman–Crippen LogP) is 4.92. The van der Waals surface area contributed by atoms with Crippen LogP contribution in [0.5, 0.6) is 0 Å². The summed E-state index contributed by atoms with van der Waals surface area (Å²) in [5.41, 5.74) is 7.34. The SMILES string of the molecule is CC(=Cn1c2c(c3cc(C)ccc31)CCN(CCC(C)(C)O)CC2)c1ccncc1. The summed E-state index contributed by atoms with van der Waals surface area (Å²) >= 11 is 0. The molecule has 158 valence electrons. The molecule has 0 atom stereocenters. The summed E-state index contributed by atoms with van der Waals surface area (Å²) in [6, 6.07) is 11.0. The Bertz CT molecular complexity index is 1060. The van der Waals surface area contributed by atoms with Gasteiger partial charge in [-0.25, -0.2) is 0 Å². The predicted molar refractivity (Wildman–Crippen MR) is 126 cm³/mol. The van der Waals surface area contributed by atoms with Crippen LogP contribution in [0.25, 0.3) is 22.7 Å². The van der Waals surface area contributed by atoms with Gasteiger partial charge in [0, 0.05) is 55.7 Å². The van der Waals surface area contributed by atoms with Gasteiger partial charge in [0.1, 0.15) is 0 Å². The standard InChI is InChI=1S/C26H33N3O/c1-19-5-6-24-23(17-19)22-9-14-28(16-11-26(3,4)30)15-10-25(22)29(24)18-20(2)21-7-12-27-13-8-21/h5-8,12-13,17-18,30H,9-11,14-16H2,1-4H3. The Labute approximate surface area is 179 Å². The Kier molecular flexibility index (Phi) is 5.81. The average molecular weight is 404 g/mol. The Morgan fingerprint density at radius 3 is 2.60 bits per heavy atom. The molecule has 0 aliphatic carbocycles. The van der Waals surface area contributed by atoms with Crippen LogP contribution in [0, 0.1) is 6.92 Å². The highest BCUT2D eigenvalue weighted by Gasteiger charge is 2.23. The fourth-order valence-electron chi connectivity index (χ4n) is 4.43. The van der Waals surface area contributed by atoms with Gasteiger partial charge in [-0.3, -0.25) is 4.98 Å². The zero-order valence-corrected chi connectivity index (χ0v) is 18.7. The van der Waals surface area contributed by atoms with Crippen LogP contribution in [0.4, 0.5) is 0 Å². The summed E-state index contributed by atoms with van der Waals surface area (Å²) in [5.74, 6) is 0. The van der Waals surface area contributed by atoms with Crippen molar-refractivity contribution in [3.63, 3.8) is 0 Å². The second kappa shape index (κ2) is 8.37. The van der Waals surface area contributed by atoms with Crippen LogP contribution in [0.1, 0.15) is 49.6 Å². The minimum Gasteiger partial charge on any atom is -0.390 e. The van der Waals surface area contributed by atoms with Crippen molar-refractivity contribution in [2.75, 3.05) is 19.6 Å². The van der Waals surface area contributed by atoms with Crippen molar-refractivity contribution in [1.82, 2.24) is 14.5 Å². The summed E-state index contributed by atoms with van der Waals surface area (Å²) in [7, 11) is 0. The van der Waals surface area contributed by atoms with E-state index in [-0.39, 0.29) is 0 Å². The fourth-order valence-corrected chi connectivity index (χ4v) is 4.43. The van der Waals surface area contributed by atoms with E-state index in [1.807, 2.05) is 26.2 Å². The van der Waals surface area contributed by atoms with Crippen molar-refractivity contribution in [2.45, 2.75) is 52.6 Å². The Morgan fingerprint density at radius 2 is 1.87 bits per heavy atom. The summed E-state index contributed by atoms with van der Waals surface area (Å²) in [6.07, 6.45) is 8.87. The minimum absolute atomic E-state index is 0.609. The smallest absolute Gasteiger partial charge is 0.0603 e. The third-order valence-electron chi connectivity index (χ3n) is 6.22. The summed E-state index contributed by atoms with van der Waals surface area (Å²) in [6.45, 7) is 11.2. The van der Waals surface area contributed by atoms with Crippen molar-refractivity contribution < 1.29 is 5.11 Å². The van der Waals surface area contributed by atoms with Crippen LogP contribution in [-0.4, -0.2) is 44.8 Å². The molecule has 1 aromatic carbocycles. The van der Waals surface area contributed by atoms with E-state index in [2.05, 4.69) is 64.8 Å². The first kappa shape index (κ1) is 20.8. The highest BCUT2D eigenvalue weighted by Crippen LogP contribution is 2.32. The molecular formula is C26H33N3O. The molecule has 0 amide bonds. The monoisotopic (exact) mass is 403 g/mol. The van der Waals surface area contributed by atoms with Gasteiger partial charge >= 0.3 is 0 Å². The van der Waals surface area contributed by atoms with Crippen LogP contribution in [0.2, 0.25) is 0 Å². The van der Waals surface area contributed by atoms with E-state index in [1.54, 1.807) is 0 Å². The molecule has 1 N–H and O–H groups in total. The highest BCUT2D eigenvalue weighted by molar-refractivity contribution is 5.90. The van der Waals surface area contributed by atoms with Gasteiger partial charge in [0.25, 0.3) is 0 Å². The lowest BCUT2D eigenvalue weighted by atomic mass is 10.0. The number of hydrogen-bond acceptors (Lipinski definition) is 3. The maximum atomic E-state index is 10.1. The first-order valence-corrected chi connectivity index (χ1v) is 11.0. The van der Waals surface area contributed by atoms with Crippen molar-refractivity contribution >= 4 is 22.7 Å². The zero-order valence-electron chi connectivity index (χ0n) is 18.7. The topological polar surface area (TPSA) is 41.3 Å². The highest BCUT2D eigenvalue weighted by atomic mass is 16.3. The lowest BCUT2D eigenvalue weighted by molar-refractivity contribution is 0.0582. The molecule has 0 fully saturated rings. The molecule has 30 heavy (non-hydrogen) atoms. The first-order valence-electron chi connectivity index (χ1n) is 11.0. The maximum Gasteiger partial charge on any atom is 0.0603 e. The van der Waals surface area contributed by atoms with Crippen LogP contribution < -0.4 is 0 Å². The molecule has 1 aliphatic rings. The number of pyridine rings is 1. The number of fused-ring (bicyclic) bond motifs is 3. The van der Waals surface area contributed by atoms with E-state index in [0.717, 1.165) is 38.9 Å². The summed E-state index contributed by atoms with van der Waals surface area (Å²) < 4.78 is 2.42. The molecule has 0 bridgehead atoms. The van der Waals surface area contributed by atoms with Crippen molar-refractivity contribution in [2.24, 2.45) is 0 Å². The van der Waals surface area contributed by atoms with E-state index in [4.69, 9.17) is 0 Å². The molecule has 4 rings (SSSR count). The van der Waals surface area contributed by atoms with E-state index in [0.29, 0.717) is 0 Å². The molecule has 0 unspecified atom stereocenters. The Hall–Kier alpha value is -2.43. The number of benzene rings is 1. The van der Waals surface area contributed by atoms with E-state index < -0.39 is 5.60 Å². The molecule has 3 heterocycles. The minimum atomic E-state index is -0.609. The quantitative estimate of drug-likeness (QED) is 0.657. The van der Waals surface area contributed by atoms with Crippen LogP contribution in [0.3, 0.4) is 0 Å². The van der Waals surface area contributed by atoms with E-state index in [1.165, 1.54) is 38.9 Å². The number of nitrogens with zero attached hydrogens (tertiary/aromatic N) is 3. The Balaban J connectivity index is 1.72. The molecule has 0 saturated carbocycles. The van der Waals surface area contributed by atoms with E-state index >= 15 is 0 Å². The number of aryl methyl sites for hydroxylation is 1. The molecule has 0 radical (unpaired) electrons. The zero-order chi connectivity index (χ0) is 21.3. The van der Waals surface area contributed by atoms with Gasteiger partial charge in [0.2, 0.25) is 0 Å². The lowest BCUT2D eigenvalue weighted by Gasteiger charge is -2.24. The normalized spacial score (nSPS) is 16.0. The third-order valence-corrected chi connectivity index (χ3v) is 6.22. The average Bonchev–Trinajstić information content (AvgIpc) is 2.86. The molecule has 4 nitrogen and oxygen atoms in total. The number of allylic oxidation sites excluding steroid dienone is 1. The lowest BCUT2D eigenvalue weighted by Crippen LogP contribution is -2.32. The van der Waals surface area contributed by atoms with Crippen LogP contribution >= 0.6 is 0 Å². The van der Waals surface area contributed by atoms with Crippen molar-refractivity contribution in [3.8, 4) is 0 Å². The molecule has 2 aromatic heterocycles. The van der Waals surface area contributed by atoms with Crippen LogP contribution in [-0.2, 0) is 12.8 Å². The summed E-state index contributed by atoms with van der Waals surface area (Å²) in [5, 5.41) is 11.5. The molecule has 0 saturated heterocycles. The number of aliphatic hydroxyl groups is 1. The van der Waals surface area contributed by atoms with Crippen molar-refractivity contribution in [1.29, 1.82) is 0 Å². The fraction of sp³-hybridized carbons (Fsp3) is 0.423. The van der Waals surface area contributed by atoms with Gasteiger partial charge < -0.3 is 14.6 Å². The second-order valence-electron chi connectivity index (χ2n) is 9.27. The van der Waals surface area contributed by atoms with Crippen LogP contribution in [0.15, 0.2) is 42.7 Å². The molecule has 0 spiro atoms. The van der Waals surface area contributed by atoms with Gasteiger partial charge in [-0.05, 0) is 81.5 Å². The van der Waals surface area contributed by atoms with Gasteiger partial charge in [0.05, 0.1) is 11.1 Å². The maximum absolute atomic E-state index is 10.1. The van der Waals surface area contributed by atoms with E-state index in [9.17, 15) is 5.11 Å². The van der Waals surface area contributed by atoms with Crippen molar-refractivity contribution in [3.05, 3.63) is 65.1 Å². The number of aromatic nitrogens is 2. The Morgan fingerprint density at radius 1 is 1.13 bits per heavy atom. The first-order chi connectivity index (χ1) is 14.3. The van der Waals surface area contributed by atoms with Gasteiger partial charge in [0.15, 0.2) is 0 Å². The third kappa shape index (κ3) is 4.50. The molecule has 3 aromatic rings. The number of hydrogen-bond donors (Lipinski definition) is 1. The molecular weight excluding hydrogens is 370 g/mol.